The lowest BCUT2D eigenvalue weighted by atomic mass is 10.1. The van der Waals surface area contributed by atoms with E-state index in [1.54, 1.807) is 44.6 Å². The van der Waals surface area contributed by atoms with E-state index in [1.807, 2.05) is 37.3 Å². The number of ether oxygens (including phenoxy) is 4. The van der Waals surface area contributed by atoms with Gasteiger partial charge < -0.3 is 18.9 Å². The molecule has 0 aromatic heterocycles. The van der Waals surface area contributed by atoms with Crippen LogP contribution < -0.4 is 18.9 Å². The molecule has 0 aliphatic carbocycles. The Kier molecular flexibility index (Phi) is 5.87. The highest BCUT2D eigenvalue weighted by atomic mass is 35.5. The summed E-state index contributed by atoms with van der Waals surface area (Å²) in [7, 11) is 3.15. The number of carbonyl (C=O) groups excluding carboxylic acids is 1. The maximum Gasteiger partial charge on any atom is 0.231 e. The zero-order valence-electron chi connectivity index (χ0n) is 17.4. The Balaban J connectivity index is 1.58. The molecule has 0 saturated heterocycles. The Morgan fingerprint density at radius 3 is 2.45 bits per heavy atom. The van der Waals surface area contributed by atoms with Crippen molar-refractivity contribution in [2.75, 3.05) is 14.2 Å². The van der Waals surface area contributed by atoms with Gasteiger partial charge in [-0.15, -0.1) is 0 Å². The van der Waals surface area contributed by atoms with Gasteiger partial charge in [0, 0.05) is 22.2 Å². The van der Waals surface area contributed by atoms with Crippen LogP contribution in [0.2, 0.25) is 5.02 Å². The van der Waals surface area contributed by atoms with Crippen molar-refractivity contribution in [3.63, 3.8) is 0 Å². The van der Waals surface area contributed by atoms with Gasteiger partial charge in [0.1, 0.15) is 29.6 Å². The number of hydrogen-bond acceptors (Lipinski definition) is 5. The van der Waals surface area contributed by atoms with E-state index in [0.717, 1.165) is 16.7 Å². The molecule has 0 unspecified atom stereocenters. The first-order valence-electron chi connectivity index (χ1n) is 9.67. The monoisotopic (exact) mass is 436 g/mol. The van der Waals surface area contributed by atoms with Crippen LogP contribution in [-0.4, -0.2) is 20.0 Å². The summed E-state index contributed by atoms with van der Waals surface area (Å²) >= 11 is 5.93. The molecule has 1 aliphatic rings. The van der Waals surface area contributed by atoms with Crippen molar-refractivity contribution in [2.45, 2.75) is 13.5 Å². The first kappa shape index (κ1) is 20.8. The van der Waals surface area contributed by atoms with Crippen LogP contribution in [-0.2, 0) is 6.61 Å². The molecule has 3 aromatic rings. The van der Waals surface area contributed by atoms with Crippen LogP contribution in [0.4, 0.5) is 0 Å². The van der Waals surface area contributed by atoms with Gasteiger partial charge in [-0.1, -0.05) is 23.7 Å². The summed E-state index contributed by atoms with van der Waals surface area (Å²) in [6.45, 7) is 2.26. The van der Waals surface area contributed by atoms with Crippen LogP contribution >= 0.6 is 11.6 Å². The quantitative estimate of drug-likeness (QED) is 0.453. The average molecular weight is 437 g/mol. The topological polar surface area (TPSA) is 54.0 Å². The fourth-order valence-corrected chi connectivity index (χ4v) is 3.47. The highest BCUT2D eigenvalue weighted by molar-refractivity contribution is 6.30. The van der Waals surface area contributed by atoms with Gasteiger partial charge in [-0.3, -0.25) is 4.79 Å². The molecule has 158 valence electrons. The number of methoxy groups -OCH3 is 2. The van der Waals surface area contributed by atoms with Gasteiger partial charge in [-0.05, 0) is 55.0 Å². The Bertz CT molecular complexity index is 1170. The molecular formula is C25H21ClO5. The van der Waals surface area contributed by atoms with Gasteiger partial charge in [0.05, 0.1) is 19.8 Å². The van der Waals surface area contributed by atoms with Crippen LogP contribution in [0.1, 0.15) is 27.0 Å². The third-order valence-corrected chi connectivity index (χ3v) is 5.32. The number of Topliss-reactive ketones (excluding diaryl/α,β-unsaturated/α-hetero) is 1. The van der Waals surface area contributed by atoms with E-state index in [2.05, 4.69) is 0 Å². The zero-order valence-corrected chi connectivity index (χ0v) is 18.2. The second kappa shape index (κ2) is 8.74. The summed E-state index contributed by atoms with van der Waals surface area (Å²) in [6.07, 6.45) is 1.67. The zero-order chi connectivity index (χ0) is 22.0. The number of rotatable bonds is 6. The van der Waals surface area contributed by atoms with Crippen molar-refractivity contribution in [2.24, 2.45) is 0 Å². The molecule has 0 fully saturated rings. The molecular weight excluding hydrogens is 416 g/mol. The smallest absolute Gasteiger partial charge is 0.231 e. The summed E-state index contributed by atoms with van der Waals surface area (Å²) in [4.78, 5) is 12.9. The molecule has 31 heavy (non-hydrogen) atoms. The molecule has 6 heteroatoms. The molecule has 5 nitrogen and oxygen atoms in total. The second-order valence-corrected chi connectivity index (χ2v) is 7.46. The second-order valence-electron chi connectivity index (χ2n) is 7.03. The molecule has 0 atom stereocenters. The van der Waals surface area contributed by atoms with Gasteiger partial charge in [-0.25, -0.2) is 0 Å². The van der Waals surface area contributed by atoms with Crippen molar-refractivity contribution < 1.29 is 23.7 Å². The Morgan fingerprint density at radius 1 is 0.968 bits per heavy atom. The van der Waals surface area contributed by atoms with Gasteiger partial charge in [0.15, 0.2) is 5.76 Å². The lowest BCUT2D eigenvalue weighted by Gasteiger charge is -2.11. The normalized spacial score (nSPS) is 13.7. The van der Waals surface area contributed by atoms with Gasteiger partial charge in [0.25, 0.3) is 0 Å². The highest BCUT2D eigenvalue weighted by Crippen LogP contribution is 2.40. The maximum atomic E-state index is 12.9. The lowest BCUT2D eigenvalue weighted by Crippen LogP contribution is -1.99. The van der Waals surface area contributed by atoms with E-state index in [1.165, 1.54) is 0 Å². The van der Waals surface area contributed by atoms with Crippen molar-refractivity contribution in [1.82, 2.24) is 0 Å². The average Bonchev–Trinajstić information content (AvgIpc) is 3.11. The van der Waals surface area contributed by atoms with E-state index in [-0.39, 0.29) is 11.5 Å². The van der Waals surface area contributed by atoms with E-state index < -0.39 is 0 Å². The number of fused-ring (bicyclic) bond motifs is 1. The Labute approximate surface area is 185 Å². The van der Waals surface area contributed by atoms with Gasteiger partial charge in [-0.2, -0.15) is 0 Å². The lowest BCUT2D eigenvalue weighted by molar-refractivity contribution is 0.101. The van der Waals surface area contributed by atoms with Crippen molar-refractivity contribution in [3.05, 3.63) is 87.6 Å². The fraction of sp³-hybridized carbons (Fsp3) is 0.160. The van der Waals surface area contributed by atoms with Crippen LogP contribution in [0.15, 0.2) is 60.4 Å². The predicted octanol–water partition coefficient (Wildman–Crippen LogP) is 5.86. The summed E-state index contributed by atoms with van der Waals surface area (Å²) in [5, 5.41) is 0.678. The van der Waals surface area contributed by atoms with Crippen molar-refractivity contribution in [1.29, 1.82) is 0 Å². The molecule has 0 N–H and O–H groups in total. The molecule has 0 amide bonds. The maximum absolute atomic E-state index is 12.9. The summed E-state index contributed by atoms with van der Waals surface area (Å²) in [5.74, 6) is 2.47. The SMILES string of the molecule is COc1ccc(/C=C2\Oc3c(ccc(OCc4ccc(Cl)cc4)c3C)C2=O)c(OC)c1. The van der Waals surface area contributed by atoms with Crippen LogP contribution in [0.3, 0.4) is 0 Å². The van der Waals surface area contributed by atoms with E-state index in [0.29, 0.717) is 40.2 Å². The number of ketones is 1. The first-order valence-corrected chi connectivity index (χ1v) is 10.0. The molecule has 0 bridgehead atoms. The molecule has 1 aliphatic heterocycles. The Morgan fingerprint density at radius 2 is 1.74 bits per heavy atom. The molecule has 0 spiro atoms. The van der Waals surface area contributed by atoms with Crippen LogP contribution in [0.25, 0.3) is 6.08 Å². The van der Waals surface area contributed by atoms with Crippen LogP contribution in [0.5, 0.6) is 23.0 Å². The fourth-order valence-electron chi connectivity index (χ4n) is 3.34. The van der Waals surface area contributed by atoms with Crippen molar-refractivity contribution in [3.8, 4) is 23.0 Å². The first-order chi connectivity index (χ1) is 15.0. The van der Waals surface area contributed by atoms with Crippen molar-refractivity contribution >= 4 is 23.5 Å². The standard InChI is InChI=1S/C25H21ClO5/c1-15-21(30-14-16-4-7-18(26)8-5-16)11-10-20-24(27)23(31-25(15)20)12-17-6-9-19(28-2)13-22(17)29-3/h4-13H,14H2,1-3H3/b23-12-. The largest absolute Gasteiger partial charge is 0.497 e. The number of benzene rings is 3. The van der Waals surface area contributed by atoms with E-state index in [4.69, 9.17) is 30.5 Å². The minimum absolute atomic E-state index is 0.180. The predicted molar refractivity (Wildman–Crippen MR) is 119 cm³/mol. The minimum atomic E-state index is -0.180. The number of allylic oxidation sites excluding steroid dienone is 1. The molecule has 0 radical (unpaired) electrons. The number of hydrogen-bond donors (Lipinski definition) is 0. The van der Waals surface area contributed by atoms with E-state index in [9.17, 15) is 4.79 Å². The summed E-state index contributed by atoms with van der Waals surface area (Å²) in [5.41, 5.74) is 2.99. The summed E-state index contributed by atoms with van der Waals surface area (Å²) < 4.78 is 22.5. The van der Waals surface area contributed by atoms with Gasteiger partial charge >= 0.3 is 0 Å². The molecule has 3 aromatic carbocycles. The molecule has 4 rings (SSSR count). The third-order valence-electron chi connectivity index (χ3n) is 5.07. The number of carbonyl (C=O) groups is 1. The third kappa shape index (κ3) is 4.23. The molecule has 1 heterocycles. The highest BCUT2D eigenvalue weighted by Gasteiger charge is 2.30. The summed E-state index contributed by atoms with van der Waals surface area (Å²) in [6, 6.07) is 16.4. The Hall–Kier alpha value is -3.44. The van der Waals surface area contributed by atoms with Gasteiger partial charge in [0.2, 0.25) is 5.78 Å². The number of halogens is 1. The molecule has 0 saturated carbocycles. The minimum Gasteiger partial charge on any atom is -0.497 e. The van der Waals surface area contributed by atoms with Crippen LogP contribution in [0, 0.1) is 6.92 Å². The van der Waals surface area contributed by atoms with E-state index >= 15 is 0 Å².